The summed E-state index contributed by atoms with van der Waals surface area (Å²) in [6, 6.07) is 3.66. The van der Waals surface area contributed by atoms with Crippen molar-refractivity contribution in [3.63, 3.8) is 0 Å². The third-order valence-corrected chi connectivity index (χ3v) is 7.46. The molecule has 2 atom stereocenters. The number of alkyl halides is 1. The maximum atomic E-state index is 14.7. The number of aromatic nitrogens is 2. The molecule has 0 fully saturated rings. The van der Waals surface area contributed by atoms with Crippen LogP contribution < -0.4 is 15.8 Å². The van der Waals surface area contributed by atoms with E-state index in [-0.39, 0.29) is 29.4 Å². The predicted molar refractivity (Wildman–Crippen MR) is 122 cm³/mol. The first-order valence-electron chi connectivity index (χ1n) is 9.65. The number of nitrogens with zero attached hydrogens (tertiary/aromatic N) is 3. The molecule has 12 heteroatoms. The average molecular weight is 480 g/mol. The summed E-state index contributed by atoms with van der Waals surface area (Å²) in [5, 5.41) is -0.0736. The number of amides is 1. The number of halogens is 2. The molecule has 2 heterocycles. The minimum atomic E-state index is -3.89. The standard InChI is InChI=1S/C21H23F2N5O4S/c1-4-5-8-32-17-11-25-16(10-26-17)18(29)27-13-6-7-15(22)14(9-13)20(2)12-33(30,31)21(3,23)19(24)28-20/h6-7,9-11,30-31H,8,12H2,1-3H3,(H2,24,28)(H,27,29)/t20-,21+/m0/s1. The first kappa shape index (κ1) is 24.4. The number of ether oxygens (including phenoxy) is 1. The number of hydrogen-bond donors (Lipinski definition) is 4. The zero-order valence-electron chi connectivity index (χ0n) is 18.1. The van der Waals surface area contributed by atoms with Crippen molar-refractivity contribution in [1.29, 1.82) is 0 Å². The second-order valence-electron chi connectivity index (χ2n) is 7.60. The van der Waals surface area contributed by atoms with Gasteiger partial charge in [0.15, 0.2) is 12.4 Å². The van der Waals surface area contributed by atoms with Crippen molar-refractivity contribution in [2.24, 2.45) is 10.7 Å². The van der Waals surface area contributed by atoms with Crippen molar-refractivity contribution in [1.82, 2.24) is 9.97 Å². The summed E-state index contributed by atoms with van der Waals surface area (Å²) in [7, 11) is -3.89. The maximum absolute atomic E-state index is 14.7. The lowest BCUT2D eigenvalue weighted by Crippen LogP contribution is -2.51. The van der Waals surface area contributed by atoms with Crippen molar-refractivity contribution in [3.05, 3.63) is 47.7 Å². The number of nitrogens with two attached hydrogens (primary N) is 1. The Morgan fingerprint density at radius 1 is 1.33 bits per heavy atom. The zero-order valence-corrected chi connectivity index (χ0v) is 18.9. The van der Waals surface area contributed by atoms with Crippen molar-refractivity contribution in [2.45, 2.75) is 31.3 Å². The van der Waals surface area contributed by atoms with E-state index in [0.29, 0.717) is 0 Å². The minimum Gasteiger partial charge on any atom is -0.463 e. The Hall–Kier alpha value is -3.27. The lowest BCUT2D eigenvalue weighted by Gasteiger charge is -2.50. The van der Waals surface area contributed by atoms with Gasteiger partial charge in [0.1, 0.15) is 17.1 Å². The van der Waals surface area contributed by atoms with Crippen molar-refractivity contribution >= 4 is 28.0 Å². The molecule has 1 aliphatic heterocycles. The summed E-state index contributed by atoms with van der Waals surface area (Å²) >= 11 is 0. The molecular formula is C21H23F2N5O4S. The fraction of sp³-hybridized carbons (Fsp3) is 0.333. The van der Waals surface area contributed by atoms with E-state index < -0.39 is 44.4 Å². The van der Waals surface area contributed by atoms with Gasteiger partial charge in [0, 0.05) is 11.3 Å². The summed E-state index contributed by atoms with van der Waals surface area (Å²) in [5.41, 5.74) is 4.14. The van der Waals surface area contributed by atoms with Gasteiger partial charge in [0.25, 0.3) is 10.9 Å². The second kappa shape index (κ2) is 8.93. The molecule has 5 N–H and O–H groups in total. The Morgan fingerprint density at radius 2 is 2.06 bits per heavy atom. The molecule has 33 heavy (non-hydrogen) atoms. The van der Waals surface area contributed by atoms with Gasteiger partial charge in [-0.1, -0.05) is 5.92 Å². The highest BCUT2D eigenvalue weighted by atomic mass is 32.3. The fourth-order valence-corrected chi connectivity index (χ4v) is 4.79. The van der Waals surface area contributed by atoms with E-state index in [9.17, 15) is 22.7 Å². The summed E-state index contributed by atoms with van der Waals surface area (Å²) in [5.74, 6) is 2.97. The molecule has 176 valence electrons. The average Bonchev–Trinajstić information content (AvgIpc) is 2.74. The Morgan fingerprint density at radius 3 is 2.67 bits per heavy atom. The van der Waals surface area contributed by atoms with Crippen LogP contribution >= 0.6 is 10.6 Å². The van der Waals surface area contributed by atoms with Gasteiger partial charge in [0.2, 0.25) is 5.88 Å². The van der Waals surface area contributed by atoms with Crippen LogP contribution in [0.25, 0.3) is 0 Å². The van der Waals surface area contributed by atoms with E-state index in [1.54, 1.807) is 6.92 Å². The van der Waals surface area contributed by atoms with Gasteiger partial charge in [-0.15, -0.1) is 5.92 Å². The van der Waals surface area contributed by atoms with E-state index in [2.05, 4.69) is 32.1 Å². The van der Waals surface area contributed by atoms with Crippen LogP contribution in [0.15, 0.2) is 35.6 Å². The number of amidine groups is 1. The molecule has 1 aromatic heterocycles. The Balaban J connectivity index is 1.84. The van der Waals surface area contributed by atoms with Crippen LogP contribution in [0.5, 0.6) is 5.88 Å². The molecule has 0 aliphatic carbocycles. The maximum Gasteiger partial charge on any atom is 0.275 e. The van der Waals surface area contributed by atoms with Crippen molar-refractivity contribution < 1.29 is 27.4 Å². The summed E-state index contributed by atoms with van der Waals surface area (Å²) < 4.78 is 55.2. The molecule has 2 aromatic rings. The second-order valence-corrected chi connectivity index (χ2v) is 9.99. The molecule has 1 aliphatic rings. The molecular weight excluding hydrogens is 456 g/mol. The van der Waals surface area contributed by atoms with Gasteiger partial charge in [-0.3, -0.25) is 18.9 Å². The normalized spacial score (nSPS) is 24.6. The monoisotopic (exact) mass is 479 g/mol. The van der Waals surface area contributed by atoms with E-state index in [1.807, 2.05) is 0 Å². The number of aliphatic imine (C=N–C) groups is 1. The van der Waals surface area contributed by atoms with Crippen LogP contribution in [0, 0.1) is 17.7 Å². The van der Waals surface area contributed by atoms with Crippen molar-refractivity contribution in [2.75, 3.05) is 17.7 Å². The molecule has 0 saturated carbocycles. The van der Waals surface area contributed by atoms with Crippen LogP contribution in [-0.4, -0.2) is 48.2 Å². The van der Waals surface area contributed by atoms with E-state index in [0.717, 1.165) is 13.0 Å². The first-order chi connectivity index (χ1) is 15.4. The van der Waals surface area contributed by atoms with Gasteiger partial charge in [-0.05, 0) is 39.0 Å². The third kappa shape index (κ3) is 4.90. The topological polar surface area (TPSA) is 143 Å². The molecule has 0 bridgehead atoms. The number of carbonyl (C=O) groups is 1. The van der Waals surface area contributed by atoms with E-state index in [4.69, 9.17) is 10.5 Å². The van der Waals surface area contributed by atoms with Gasteiger partial charge >= 0.3 is 0 Å². The predicted octanol–water partition coefficient (Wildman–Crippen LogP) is 3.29. The highest BCUT2D eigenvalue weighted by molar-refractivity contribution is 8.26. The van der Waals surface area contributed by atoms with Gasteiger partial charge in [-0.25, -0.2) is 18.7 Å². The number of hydrogen-bond acceptors (Lipinski definition) is 8. The molecule has 3 rings (SSSR count). The number of benzene rings is 1. The quantitative estimate of drug-likeness (QED) is 0.482. The lowest BCUT2D eigenvalue weighted by atomic mass is 9.93. The third-order valence-electron chi connectivity index (χ3n) is 5.06. The SMILES string of the molecule is CC#CCOc1cnc(C(=O)Nc2ccc(F)c([C@]3(C)CS(O)(O)[C@@](C)(F)C(N)=N3)c2)cn1. The summed E-state index contributed by atoms with van der Waals surface area (Å²) in [6.07, 6.45) is 2.47. The summed E-state index contributed by atoms with van der Waals surface area (Å²) in [6.45, 7) is 4.12. The molecule has 1 aromatic carbocycles. The molecule has 1 amide bonds. The molecule has 9 nitrogen and oxygen atoms in total. The number of anilines is 1. The highest BCUT2D eigenvalue weighted by Crippen LogP contribution is 2.60. The Kier molecular flexibility index (Phi) is 6.60. The van der Waals surface area contributed by atoms with Gasteiger partial charge in [0.05, 0.1) is 18.1 Å². The Bertz CT molecular complexity index is 1160. The van der Waals surface area contributed by atoms with Crippen molar-refractivity contribution in [3.8, 4) is 17.7 Å². The van der Waals surface area contributed by atoms with Gasteiger partial charge < -0.3 is 15.8 Å². The number of carbonyl (C=O) groups excluding carboxylic acids is 1. The fourth-order valence-electron chi connectivity index (χ4n) is 3.13. The van der Waals surface area contributed by atoms with Gasteiger partial charge in [-0.2, -0.15) is 10.6 Å². The van der Waals surface area contributed by atoms with Crippen LogP contribution in [0.4, 0.5) is 14.5 Å². The zero-order chi connectivity index (χ0) is 24.4. The highest BCUT2D eigenvalue weighted by Gasteiger charge is 2.52. The lowest BCUT2D eigenvalue weighted by molar-refractivity contribution is 0.102. The molecule has 0 radical (unpaired) electrons. The Labute approximate surface area is 190 Å². The van der Waals surface area contributed by atoms with E-state index in [1.165, 1.54) is 31.5 Å². The largest absolute Gasteiger partial charge is 0.463 e. The number of rotatable bonds is 5. The van der Waals surface area contributed by atoms with Crippen LogP contribution in [0.1, 0.15) is 36.8 Å². The number of nitrogens with one attached hydrogen (secondary N) is 1. The minimum absolute atomic E-state index is 0.0247. The van der Waals surface area contributed by atoms with Crippen LogP contribution in [-0.2, 0) is 5.54 Å². The molecule has 0 unspecified atom stereocenters. The summed E-state index contributed by atoms with van der Waals surface area (Å²) in [4.78, 5) is 24.5. The van der Waals surface area contributed by atoms with E-state index >= 15 is 0 Å². The van der Waals surface area contributed by atoms with Crippen LogP contribution in [0.3, 0.4) is 0 Å². The van der Waals surface area contributed by atoms with Crippen LogP contribution in [0.2, 0.25) is 0 Å². The molecule has 0 spiro atoms. The smallest absolute Gasteiger partial charge is 0.275 e. The molecule has 0 saturated heterocycles. The first-order valence-corrected chi connectivity index (χ1v) is 11.4.